The third-order valence-electron chi connectivity index (χ3n) is 4.36. The van der Waals surface area contributed by atoms with Gasteiger partial charge in [0.25, 0.3) is 0 Å². The van der Waals surface area contributed by atoms with E-state index in [0.29, 0.717) is 5.92 Å². The maximum Gasteiger partial charge on any atom is 0.0630 e. The lowest BCUT2D eigenvalue weighted by molar-refractivity contribution is 0.718. The Labute approximate surface area is 128 Å². The second kappa shape index (κ2) is 6.75. The van der Waals surface area contributed by atoms with E-state index in [0.717, 1.165) is 12.2 Å². The minimum atomic E-state index is 0.617. The highest BCUT2D eigenvalue weighted by Gasteiger charge is 2.05. The predicted octanol–water partition coefficient (Wildman–Crippen LogP) is 5.39. The van der Waals surface area contributed by atoms with Gasteiger partial charge in [0.05, 0.1) is 5.69 Å². The molecular formula is C19H26N2. The molecule has 0 N–H and O–H groups in total. The quantitative estimate of drug-likeness (QED) is 0.654. The fraction of sp³-hybridized carbons (Fsp3) is 0.421. The number of benzene rings is 1. The van der Waals surface area contributed by atoms with E-state index in [2.05, 4.69) is 74.5 Å². The Morgan fingerprint density at radius 2 is 1.81 bits per heavy atom. The molecular weight excluding hydrogens is 256 g/mol. The summed E-state index contributed by atoms with van der Waals surface area (Å²) in [6.45, 7) is 12.0. The lowest BCUT2D eigenvalue weighted by atomic mass is 9.99. The van der Waals surface area contributed by atoms with Crippen LogP contribution in [0, 0.1) is 13.8 Å². The van der Waals surface area contributed by atoms with Crippen LogP contribution in [0.4, 0.5) is 5.69 Å². The van der Waals surface area contributed by atoms with Crippen LogP contribution in [0.15, 0.2) is 35.3 Å². The average Bonchev–Trinajstić information content (AvgIpc) is 2.78. The normalized spacial score (nSPS) is 13.0. The molecule has 0 spiro atoms. The Hall–Kier alpha value is -1.83. The molecule has 0 bridgehead atoms. The summed E-state index contributed by atoms with van der Waals surface area (Å²) in [7, 11) is 0. The molecule has 1 aromatic carbocycles. The molecule has 0 aliphatic carbocycles. The van der Waals surface area contributed by atoms with Crippen molar-refractivity contribution in [1.29, 1.82) is 0 Å². The van der Waals surface area contributed by atoms with Gasteiger partial charge in [-0.25, -0.2) is 0 Å². The summed E-state index contributed by atoms with van der Waals surface area (Å²) in [5.41, 5.74) is 6.20. The fourth-order valence-corrected chi connectivity index (χ4v) is 2.71. The molecule has 21 heavy (non-hydrogen) atoms. The summed E-state index contributed by atoms with van der Waals surface area (Å²) in [6, 6.07) is 10.8. The standard InChI is InChI=1S/C19H26N2/c1-6-14(3)17-8-10-19(11-9-17)20-13-18-12-15(4)21(7-2)16(18)5/h8-14H,6-7H2,1-5H3/t14-/m0/s1. The smallest absolute Gasteiger partial charge is 0.0630 e. The number of rotatable bonds is 5. The van der Waals surface area contributed by atoms with Gasteiger partial charge in [0.1, 0.15) is 0 Å². The van der Waals surface area contributed by atoms with E-state index < -0.39 is 0 Å². The maximum atomic E-state index is 4.61. The van der Waals surface area contributed by atoms with E-state index in [1.54, 1.807) is 0 Å². The summed E-state index contributed by atoms with van der Waals surface area (Å²) in [5.74, 6) is 0.617. The van der Waals surface area contributed by atoms with Gasteiger partial charge in [-0.2, -0.15) is 0 Å². The first-order valence-corrected chi connectivity index (χ1v) is 7.87. The third-order valence-corrected chi connectivity index (χ3v) is 4.36. The van der Waals surface area contributed by atoms with Gasteiger partial charge in [0.15, 0.2) is 0 Å². The van der Waals surface area contributed by atoms with E-state index >= 15 is 0 Å². The molecule has 0 fully saturated rings. The van der Waals surface area contributed by atoms with Crippen LogP contribution in [0.3, 0.4) is 0 Å². The van der Waals surface area contributed by atoms with Crippen LogP contribution in [-0.4, -0.2) is 10.8 Å². The molecule has 2 heteroatoms. The van der Waals surface area contributed by atoms with E-state index in [-0.39, 0.29) is 0 Å². The lowest BCUT2D eigenvalue weighted by Crippen LogP contribution is -1.99. The Kier molecular flexibility index (Phi) is 5.00. The van der Waals surface area contributed by atoms with Crippen LogP contribution in [0.5, 0.6) is 0 Å². The molecule has 112 valence electrons. The zero-order valence-electron chi connectivity index (χ0n) is 13.9. The number of aliphatic imine (C=N–C) groups is 1. The van der Waals surface area contributed by atoms with Crippen LogP contribution < -0.4 is 0 Å². The van der Waals surface area contributed by atoms with Crippen molar-refractivity contribution in [2.75, 3.05) is 0 Å². The molecule has 2 nitrogen and oxygen atoms in total. The van der Waals surface area contributed by atoms with Crippen molar-refractivity contribution in [3.63, 3.8) is 0 Å². The Balaban J connectivity index is 2.18. The second-order valence-electron chi connectivity index (χ2n) is 5.73. The van der Waals surface area contributed by atoms with E-state index in [1.165, 1.54) is 28.9 Å². The fourth-order valence-electron chi connectivity index (χ4n) is 2.71. The van der Waals surface area contributed by atoms with Crippen LogP contribution in [0.25, 0.3) is 0 Å². The lowest BCUT2D eigenvalue weighted by Gasteiger charge is -2.08. The van der Waals surface area contributed by atoms with Crippen LogP contribution in [0.1, 0.15) is 55.6 Å². The van der Waals surface area contributed by atoms with E-state index in [4.69, 9.17) is 0 Å². The minimum Gasteiger partial charge on any atom is -0.349 e. The van der Waals surface area contributed by atoms with Gasteiger partial charge in [0.2, 0.25) is 0 Å². The molecule has 0 unspecified atom stereocenters. The first-order chi connectivity index (χ1) is 10.1. The highest BCUT2D eigenvalue weighted by atomic mass is 15.0. The van der Waals surface area contributed by atoms with Crippen molar-refractivity contribution in [3.8, 4) is 0 Å². The van der Waals surface area contributed by atoms with Gasteiger partial charge in [0, 0.05) is 29.7 Å². The molecule has 0 aliphatic rings. The van der Waals surface area contributed by atoms with Crippen LogP contribution in [0.2, 0.25) is 0 Å². The molecule has 0 saturated carbocycles. The number of aromatic nitrogens is 1. The van der Waals surface area contributed by atoms with Gasteiger partial charge in [-0.05, 0) is 56.9 Å². The SMILES string of the molecule is CC[C@H](C)c1ccc(N=Cc2cc(C)n(CC)c2C)cc1. The number of nitrogens with zero attached hydrogens (tertiary/aromatic N) is 2. The average molecular weight is 282 g/mol. The number of hydrogen-bond acceptors (Lipinski definition) is 1. The first kappa shape index (κ1) is 15.6. The number of hydrogen-bond donors (Lipinski definition) is 0. The van der Waals surface area contributed by atoms with Gasteiger partial charge < -0.3 is 4.57 Å². The Morgan fingerprint density at radius 1 is 1.14 bits per heavy atom. The van der Waals surface area contributed by atoms with Gasteiger partial charge in [-0.1, -0.05) is 26.0 Å². The summed E-state index contributed by atoms with van der Waals surface area (Å²) < 4.78 is 2.31. The molecule has 1 atom stereocenters. The molecule has 0 amide bonds. The second-order valence-corrected chi connectivity index (χ2v) is 5.73. The summed E-state index contributed by atoms with van der Waals surface area (Å²) >= 11 is 0. The van der Waals surface area contributed by atoms with Crippen LogP contribution in [-0.2, 0) is 6.54 Å². The van der Waals surface area contributed by atoms with Gasteiger partial charge in [-0.15, -0.1) is 0 Å². The third kappa shape index (κ3) is 3.44. The van der Waals surface area contributed by atoms with Crippen molar-refractivity contribution in [1.82, 2.24) is 4.57 Å². The Morgan fingerprint density at radius 3 is 2.33 bits per heavy atom. The van der Waals surface area contributed by atoms with Crippen LogP contribution >= 0.6 is 0 Å². The molecule has 2 aromatic rings. The maximum absolute atomic E-state index is 4.61. The van der Waals surface area contributed by atoms with E-state index in [1.807, 2.05) is 6.21 Å². The molecule has 0 saturated heterocycles. The molecule has 0 aliphatic heterocycles. The summed E-state index contributed by atoms with van der Waals surface area (Å²) in [4.78, 5) is 4.61. The minimum absolute atomic E-state index is 0.617. The monoisotopic (exact) mass is 282 g/mol. The summed E-state index contributed by atoms with van der Waals surface area (Å²) in [5, 5.41) is 0. The van der Waals surface area contributed by atoms with Gasteiger partial charge >= 0.3 is 0 Å². The zero-order chi connectivity index (χ0) is 15.4. The molecule has 1 aromatic heterocycles. The summed E-state index contributed by atoms with van der Waals surface area (Å²) in [6.07, 6.45) is 3.15. The van der Waals surface area contributed by atoms with E-state index in [9.17, 15) is 0 Å². The highest BCUT2D eigenvalue weighted by Crippen LogP contribution is 2.22. The molecule has 0 radical (unpaired) electrons. The van der Waals surface area contributed by atoms with Crippen molar-refractivity contribution in [3.05, 3.63) is 52.8 Å². The largest absolute Gasteiger partial charge is 0.349 e. The van der Waals surface area contributed by atoms with Gasteiger partial charge in [-0.3, -0.25) is 4.99 Å². The predicted molar refractivity (Wildman–Crippen MR) is 92.0 cm³/mol. The molecule has 1 heterocycles. The zero-order valence-corrected chi connectivity index (χ0v) is 13.9. The first-order valence-electron chi connectivity index (χ1n) is 7.87. The van der Waals surface area contributed by atoms with Crippen molar-refractivity contribution >= 4 is 11.9 Å². The Bertz CT molecular complexity index is 618. The van der Waals surface area contributed by atoms with Crippen molar-refractivity contribution in [2.24, 2.45) is 4.99 Å². The molecule has 2 rings (SSSR count). The topological polar surface area (TPSA) is 17.3 Å². The number of aryl methyl sites for hydroxylation is 1. The van der Waals surface area contributed by atoms with Crippen molar-refractivity contribution < 1.29 is 0 Å². The highest BCUT2D eigenvalue weighted by molar-refractivity contribution is 5.83. The van der Waals surface area contributed by atoms with Crippen molar-refractivity contribution in [2.45, 2.75) is 53.5 Å².